The molecule has 1 fully saturated rings. The first-order valence-electron chi connectivity index (χ1n) is 10.8. The van der Waals surface area contributed by atoms with E-state index >= 15 is 0 Å². The highest BCUT2D eigenvalue weighted by molar-refractivity contribution is 8.01. The van der Waals surface area contributed by atoms with Crippen LogP contribution in [0.4, 0.5) is 5.69 Å². The summed E-state index contributed by atoms with van der Waals surface area (Å²) in [5.74, 6) is 0.528. The number of carbonyl (C=O) groups excluding carboxylic acids is 1. The zero-order valence-corrected chi connectivity index (χ0v) is 19.5. The molecule has 168 valence electrons. The van der Waals surface area contributed by atoms with E-state index in [1.54, 1.807) is 23.6 Å². The lowest BCUT2D eigenvalue weighted by molar-refractivity contribution is -0.119. The topological polar surface area (TPSA) is 83.8 Å². The Balaban J connectivity index is 1.26. The molecule has 5 rings (SSSR count). The van der Waals surface area contributed by atoms with Crippen molar-refractivity contribution in [3.05, 3.63) is 60.2 Å². The zero-order chi connectivity index (χ0) is 22.6. The second-order valence-corrected chi connectivity index (χ2v) is 10.1. The molecule has 1 amide bonds. The summed E-state index contributed by atoms with van der Waals surface area (Å²) in [5.41, 5.74) is 2.36. The number of nitrogens with zero attached hydrogens (tertiary/aromatic N) is 2. The van der Waals surface area contributed by atoms with Crippen molar-refractivity contribution < 1.29 is 14.6 Å². The Labute approximate surface area is 199 Å². The molecule has 0 saturated carbocycles. The maximum atomic E-state index is 12.1. The van der Waals surface area contributed by atoms with Crippen LogP contribution in [0.3, 0.4) is 0 Å². The van der Waals surface area contributed by atoms with Gasteiger partial charge in [0.2, 0.25) is 5.91 Å². The van der Waals surface area contributed by atoms with Crippen LogP contribution in [0.1, 0.15) is 18.4 Å². The van der Waals surface area contributed by atoms with Gasteiger partial charge in [-0.15, -0.1) is 11.3 Å². The van der Waals surface area contributed by atoms with E-state index in [4.69, 9.17) is 4.74 Å². The molecule has 1 atom stereocenters. The van der Waals surface area contributed by atoms with Gasteiger partial charge in [0.25, 0.3) is 0 Å². The number of rotatable bonds is 7. The van der Waals surface area contributed by atoms with Crippen molar-refractivity contribution >= 4 is 61.9 Å². The number of ether oxygens (including phenoxy) is 1. The van der Waals surface area contributed by atoms with E-state index in [2.05, 4.69) is 15.3 Å². The number of fused-ring (bicyclic) bond motifs is 2. The van der Waals surface area contributed by atoms with Gasteiger partial charge >= 0.3 is 0 Å². The summed E-state index contributed by atoms with van der Waals surface area (Å²) in [4.78, 5) is 21.3. The Kier molecular flexibility index (Phi) is 6.57. The van der Waals surface area contributed by atoms with Crippen LogP contribution in [-0.2, 0) is 9.53 Å². The third kappa shape index (κ3) is 5.19. The maximum Gasteiger partial charge on any atom is 0.230 e. The number of carbonyl (C=O) groups is 1. The summed E-state index contributed by atoms with van der Waals surface area (Å²) in [6.45, 7) is 1.36. The number of nitrogens with one attached hydrogen (secondary N) is 1. The summed E-state index contributed by atoms with van der Waals surface area (Å²) in [6, 6.07) is 17.3. The lowest BCUT2D eigenvalue weighted by atomic mass is 10.0. The van der Waals surface area contributed by atoms with Gasteiger partial charge in [0.1, 0.15) is 5.75 Å². The number of hydrogen-bond acceptors (Lipinski definition) is 7. The normalized spacial score (nSPS) is 16.2. The number of benzene rings is 3. The van der Waals surface area contributed by atoms with Crippen molar-refractivity contribution in [1.82, 2.24) is 10.3 Å². The molecular formula is C25H23N3O3S2. The zero-order valence-electron chi connectivity index (χ0n) is 17.9. The Morgan fingerprint density at radius 2 is 2.18 bits per heavy atom. The van der Waals surface area contributed by atoms with Crippen molar-refractivity contribution in [3.8, 4) is 5.75 Å². The number of aliphatic imine (C=N–C) groups is 1. The molecule has 1 aliphatic heterocycles. The molecule has 2 N–H and O–H groups in total. The second kappa shape index (κ2) is 9.91. The van der Waals surface area contributed by atoms with E-state index in [0.29, 0.717) is 17.9 Å². The Morgan fingerprint density at radius 3 is 3.06 bits per heavy atom. The third-order valence-electron chi connectivity index (χ3n) is 5.52. The average Bonchev–Trinajstić information content (AvgIpc) is 3.50. The minimum Gasteiger partial charge on any atom is -0.507 e. The van der Waals surface area contributed by atoms with E-state index in [9.17, 15) is 9.90 Å². The van der Waals surface area contributed by atoms with Crippen molar-refractivity contribution in [1.29, 1.82) is 0 Å². The average molecular weight is 478 g/mol. The Morgan fingerprint density at radius 1 is 1.27 bits per heavy atom. The van der Waals surface area contributed by atoms with Gasteiger partial charge in [-0.25, -0.2) is 4.98 Å². The van der Waals surface area contributed by atoms with Crippen LogP contribution in [0, 0.1) is 0 Å². The van der Waals surface area contributed by atoms with E-state index in [0.717, 1.165) is 50.5 Å². The van der Waals surface area contributed by atoms with Crippen LogP contribution in [0.5, 0.6) is 5.75 Å². The number of phenolic OH excluding ortho intramolecular Hbond substituents is 1. The molecule has 1 aromatic heterocycles. The second-order valence-electron chi connectivity index (χ2n) is 7.84. The number of amides is 1. The fourth-order valence-corrected chi connectivity index (χ4v) is 5.74. The van der Waals surface area contributed by atoms with Crippen LogP contribution in [-0.4, -0.2) is 47.2 Å². The van der Waals surface area contributed by atoms with Crippen molar-refractivity contribution in [3.63, 3.8) is 0 Å². The monoisotopic (exact) mass is 477 g/mol. The number of thioether (sulfide) groups is 1. The van der Waals surface area contributed by atoms with Crippen LogP contribution < -0.4 is 5.32 Å². The van der Waals surface area contributed by atoms with Crippen LogP contribution in [0.25, 0.3) is 21.0 Å². The van der Waals surface area contributed by atoms with Gasteiger partial charge in [-0.1, -0.05) is 42.1 Å². The molecular weight excluding hydrogens is 454 g/mol. The Bertz CT molecular complexity index is 1330. The fourth-order valence-electron chi connectivity index (χ4n) is 3.80. The molecule has 0 radical (unpaired) electrons. The quantitative estimate of drug-likeness (QED) is 0.279. The van der Waals surface area contributed by atoms with Crippen molar-refractivity contribution in [2.75, 3.05) is 18.9 Å². The van der Waals surface area contributed by atoms with Gasteiger partial charge in [0.15, 0.2) is 4.34 Å². The smallest absolute Gasteiger partial charge is 0.230 e. The molecule has 8 heteroatoms. The van der Waals surface area contributed by atoms with E-state index in [1.165, 1.54) is 11.8 Å². The minimum atomic E-state index is -0.00468. The lowest BCUT2D eigenvalue weighted by Gasteiger charge is -2.09. The number of phenols is 1. The molecule has 6 nitrogen and oxygen atoms in total. The predicted octanol–water partition coefficient (Wildman–Crippen LogP) is 5.29. The number of thiazole rings is 1. The van der Waals surface area contributed by atoms with E-state index in [-0.39, 0.29) is 17.8 Å². The van der Waals surface area contributed by atoms with Crippen molar-refractivity contribution in [2.24, 2.45) is 4.99 Å². The third-order valence-corrected chi connectivity index (χ3v) is 7.68. The highest BCUT2D eigenvalue weighted by atomic mass is 32.2. The largest absolute Gasteiger partial charge is 0.507 e. The highest BCUT2D eigenvalue weighted by Crippen LogP contribution is 2.32. The molecule has 0 spiro atoms. The fraction of sp³-hybridized carbons (Fsp3) is 0.240. The first-order chi connectivity index (χ1) is 16.2. The molecule has 0 unspecified atom stereocenters. The molecule has 3 aromatic carbocycles. The SMILES string of the molecule is O=C(CSc1nc2ccc(N=Cc3c(O)ccc4ccccc34)cc2s1)NC[C@H]1CCCO1. The maximum absolute atomic E-state index is 12.1. The molecule has 1 aliphatic rings. The van der Waals surface area contributed by atoms with Gasteiger partial charge in [-0.05, 0) is 47.9 Å². The van der Waals surface area contributed by atoms with Gasteiger partial charge in [-0.3, -0.25) is 9.79 Å². The van der Waals surface area contributed by atoms with Gasteiger partial charge < -0.3 is 15.2 Å². The van der Waals surface area contributed by atoms with Crippen LogP contribution in [0.15, 0.2) is 63.9 Å². The standard InChI is InChI=1S/C25H23N3O3S2/c29-22-10-7-16-4-1-2-6-19(16)20(22)14-26-17-8-9-21-23(12-17)33-25(28-21)32-15-24(30)27-13-18-5-3-11-31-18/h1-2,4,6-10,12,14,18,29H,3,5,11,13,15H2,(H,27,30)/t18-/m1/s1. The van der Waals surface area contributed by atoms with Gasteiger partial charge in [0.05, 0.1) is 27.8 Å². The van der Waals surface area contributed by atoms with E-state index < -0.39 is 0 Å². The van der Waals surface area contributed by atoms with Crippen LogP contribution in [0.2, 0.25) is 0 Å². The lowest BCUT2D eigenvalue weighted by Crippen LogP contribution is -2.32. The number of aromatic hydroxyl groups is 1. The summed E-state index contributed by atoms with van der Waals surface area (Å²) >= 11 is 2.99. The Hall–Kier alpha value is -2.94. The summed E-state index contributed by atoms with van der Waals surface area (Å²) in [5, 5.41) is 15.3. The highest BCUT2D eigenvalue weighted by Gasteiger charge is 2.16. The molecule has 1 saturated heterocycles. The van der Waals surface area contributed by atoms with Gasteiger partial charge in [0, 0.05) is 24.9 Å². The predicted molar refractivity (Wildman–Crippen MR) is 135 cm³/mol. The first kappa shape index (κ1) is 21.9. The first-order valence-corrected chi connectivity index (χ1v) is 12.6. The minimum absolute atomic E-state index is 0.00468. The molecule has 4 aromatic rings. The number of hydrogen-bond donors (Lipinski definition) is 2. The van der Waals surface area contributed by atoms with Crippen LogP contribution >= 0.6 is 23.1 Å². The van der Waals surface area contributed by atoms with E-state index in [1.807, 2.05) is 48.5 Å². The summed E-state index contributed by atoms with van der Waals surface area (Å²) in [6.07, 6.45) is 3.93. The summed E-state index contributed by atoms with van der Waals surface area (Å²) in [7, 11) is 0. The number of aromatic nitrogens is 1. The van der Waals surface area contributed by atoms with Gasteiger partial charge in [-0.2, -0.15) is 0 Å². The molecule has 2 heterocycles. The summed E-state index contributed by atoms with van der Waals surface area (Å²) < 4.78 is 7.40. The molecule has 33 heavy (non-hydrogen) atoms. The van der Waals surface area contributed by atoms with Crippen molar-refractivity contribution in [2.45, 2.75) is 23.3 Å². The molecule has 0 aliphatic carbocycles. The molecule has 0 bridgehead atoms.